The summed E-state index contributed by atoms with van der Waals surface area (Å²) < 4.78 is 9.99. The summed E-state index contributed by atoms with van der Waals surface area (Å²) in [7, 11) is 3.03. The Kier molecular flexibility index (Phi) is 4.86. The Morgan fingerprint density at radius 3 is 2.59 bits per heavy atom. The number of nitrogens with zero attached hydrogens (tertiary/aromatic N) is 1. The third-order valence-electron chi connectivity index (χ3n) is 2.33. The summed E-state index contributed by atoms with van der Waals surface area (Å²) in [5.74, 6) is 0. The van der Waals surface area contributed by atoms with Crippen molar-refractivity contribution in [3.05, 3.63) is 33.9 Å². The average molecular weight is 240 g/mol. The summed E-state index contributed by atoms with van der Waals surface area (Å²) in [6.45, 7) is 2.22. The highest BCUT2D eigenvalue weighted by atomic mass is 16.7. The average Bonchev–Trinajstić information content (AvgIpc) is 2.30. The zero-order chi connectivity index (χ0) is 12.8. The number of aryl methyl sites for hydroxylation is 1. The summed E-state index contributed by atoms with van der Waals surface area (Å²) in [5.41, 5.74) is 1.46. The van der Waals surface area contributed by atoms with Gasteiger partial charge in [0, 0.05) is 20.3 Å². The lowest BCUT2D eigenvalue weighted by molar-refractivity contribution is -0.384. The minimum absolute atomic E-state index is 0.0431. The number of anilines is 1. The fraction of sp³-hybridized carbons (Fsp3) is 0.455. The maximum Gasteiger partial charge on any atom is 0.292 e. The van der Waals surface area contributed by atoms with Crippen LogP contribution < -0.4 is 5.32 Å². The molecular formula is C11H16N2O4. The SMILES string of the molecule is COC(CNc1cc(C)ccc1[N+](=O)[O-])OC. The van der Waals surface area contributed by atoms with Gasteiger partial charge in [0.2, 0.25) is 0 Å². The molecular weight excluding hydrogens is 224 g/mol. The van der Waals surface area contributed by atoms with E-state index in [4.69, 9.17) is 9.47 Å². The van der Waals surface area contributed by atoms with Crippen LogP contribution in [-0.2, 0) is 9.47 Å². The first kappa shape index (κ1) is 13.4. The van der Waals surface area contributed by atoms with Crippen LogP contribution in [0.5, 0.6) is 0 Å². The van der Waals surface area contributed by atoms with Gasteiger partial charge in [-0.1, -0.05) is 6.07 Å². The summed E-state index contributed by atoms with van der Waals surface area (Å²) in [6.07, 6.45) is -0.435. The van der Waals surface area contributed by atoms with Gasteiger partial charge < -0.3 is 14.8 Å². The van der Waals surface area contributed by atoms with Crippen molar-refractivity contribution in [1.29, 1.82) is 0 Å². The van der Waals surface area contributed by atoms with Crippen LogP contribution in [0.1, 0.15) is 5.56 Å². The van der Waals surface area contributed by atoms with E-state index in [1.165, 1.54) is 20.3 Å². The van der Waals surface area contributed by atoms with Crippen LogP contribution in [0.25, 0.3) is 0 Å². The topological polar surface area (TPSA) is 73.6 Å². The predicted octanol–water partition coefficient (Wildman–Crippen LogP) is 1.93. The van der Waals surface area contributed by atoms with Gasteiger partial charge in [-0.2, -0.15) is 0 Å². The minimum atomic E-state index is -0.435. The molecule has 0 aromatic heterocycles. The van der Waals surface area contributed by atoms with Crippen LogP contribution in [0.4, 0.5) is 11.4 Å². The first-order chi connectivity index (χ1) is 8.08. The number of nitro groups is 1. The first-order valence-electron chi connectivity index (χ1n) is 5.13. The Labute approximate surface area is 99.7 Å². The van der Waals surface area contributed by atoms with E-state index in [0.717, 1.165) is 5.56 Å². The summed E-state index contributed by atoms with van der Waals surface area (Å²) in [5, 5.41) is 13.8. The van der Waals surface area contributed by atoms with Crippen LogP contribution in [0.15, 0.2) is 18.2 Å². The van der Waals surface area contributed by atoms with Gasteiger partial charge in [-0.3, -0.25) is 10.1 Å². The van der Waals surface area contributed by atoms with Gasteiger partial charge in [0.25, 0.3) is 5.69 Å². The van der Waals surface area contributed by atoms with Gasteiger partial charge in [0.15, 0.2) is 6.29 Å². The van der Waals surface area contributed by atoms with E-state index in [9.17, 15) is 10.1 Å². The zero-order valence-electron chi connectivity index (χ0n) is 10.1. The monoisotopic (exact) mass is 240 g/mol. The molecule has 0 bridgehead atoms. The molecule has 0 fully saturated rings. The van der Waals surface area contributed by atoms with E-state index in [0.29, 0.717) is 12.2 Å². The van der Waals surface area contributed by atoms with E-state index in [2.05, 4.69) is 5.32 Å². The van der Waals surface area contributed by atoms with Crippen molar-refractivity contribution < 1.29 is 14.4 Å². The predicted molar refractivity (Wildman–Crippen MR) is 64.1 cm³/mol. The third kappa shape index (κ3) is 3.69. The molecule has 0 atom stereocenters. The summed E-state index contributed by atoms with van der Waals surface area (Å²) in [4.78, 5) is 10.4. The molecule has 0 saturated heterocycles. The van der Waals surface area contributed by atoms with Gasteiger partial charge >= 0.3 is 0 Å². The molecule has 0 aliphatic rings. The number of hydrogen-bond acceptors (Lipinski definition) is 5. The summed E-state index contributed by atoms with van der Waals surface area (Å²) in [6, 6.07) is 4.90. The molecule has 0 unspecified atom stereocenters. The van der Waals surface area contributed by atoms with Crippen LogP contribution in [0, 0.1) is 17.0 Å². The fourth-order valence-corrected chi connectivity index (χ4v) is 1.41. The van der Waals surface area contributed by atoms with Gasteiger partial charge in [-0.25, -0.2) is 0 Å². The molecule has 0 saturated carbocycles. The highest BCUT2D eigenvalue weighted by Crippen LogP contribution is 2.25. The van der Waals surface area contributed by atoms with E-state index in [-0.39, 0.29) is 5.69 Å². The highest BCUT2D eigenvalue weighted by Gasteiger charge is 2.14. The Morgan fingerprint density at radius 1 is 1.41 bits per heavy atom. The van der Waals surface area contributed by atoms with Crippen LogP contribution >= 0.6 is 0 Å². The Balaban J connectivity index is 2.81. The van der Waals surface area contributed by atoms with Crippen molar-refractivity contribution in [2.24, 2.45) is 0 Å². The second kappa shape index (κ2) is 6.17. The van der Waals surface area contributed by atoms with Gasteiger partial charge in [0.1, 0.15) is 5.69 Å². The molecule has 0 heterocycles. The third-order valence-corrected chi connectivity index (χ3v) is 2.33. The van der Waals surface area contributed by atoms with Crippen molar-refractivity contribution in [1.82, 2.24) is 0 Å². The second-order valence-electron chi connectivity index (χ2n) is 3.56. The van der Waals surface area contributed by atoms with Crippen molar-refractivity contribution in [2.45, 2.75) is 13.2 Å². The van der Waals surface area contributed by atoms with Crippen LogP contribution in [0.3, 0.4) is 0 Å². The number of methoxy groups -OCH3 is 2. The Morgan fingerprint density at radius 2 is 2.06 bits per heavy atom. The largest absolute Gasteiger partial charge is 0.374 e. The molecule has 6 nitrogen and oxygen atoms in total. The van der Waals surface area contributed by atoms with Crippen molar-refractivity contribution in [2.75, 3.05) is 26.1 Å². The van der Waals surface area contributed by atoms with E-state index in [1.54, 1.807) is 12.1 Å². The van der Waals surface area contributed by atoms with Crippen LogP contribution in [-0.4, -0.2) is 32.0 Å². The van der Waals surface area contributed by atoms with Crippen LogP contribution in [0.2, 0.25) is 0 Å². The molecule has 94 valence electrons. The maximum atomic E-state index is 10.8. The molecule has 1 aromatic carbocycles. The molecule has 0 amide bonds. The standard InChI is InChI=1S/C11H16N2O4/c1-8-4-5-10(13(14)15)9(6-8)12-7-11(16-2)17-3/h4-6,11-12H,7H2,1-3H3. The van der Waals surface area contributed by atoms with E-state index < -0.39 is 11.2 Å². The zero-order valence-corrected chi connectivity index (χ0v) is 10.1. The molecule has 1 N–H and O–H groups in total. The smallest absolute Gasteiger partial charge is 0.292 e. The Hall–Kier alpha value is -1.66. The lowest BCUT2D eigenvalue weighted by Gasteiger charge is -2.15. The molecule has 0 aliphatic carbocycles. The van der Waals surface area contributed by atoms with Gasteiger partial charge in [-0.05, 0) is 18.6 Å². The van der Waals surface area contributed by atoms with Gasteiger partial charge in [0.05, 0.1) is 11.5 Å². The number of rotatable bonds is 6. The molecule has 1 aromatic rings. The van der Waals surface area contributed by atoms with Crippen molar-refractivity contribution in [3.8, 4) is 0 Å². The van der Waals surface area contributed by atoms with E-state index >= 15 is 0 Å². The number of nitrogens with one attached hydrogen (secondary N) is 1. The quantitative estimate of drug-likeness (QED) is 0.467. The number of benzene rings is 1. The number of hydrogen-bond donors (Lipinski definition) is 1. The number of ether oxygens (including phenoxy) is 2. The maximum absolute atomic E-state index is 10.8. The fourth-order valence-electron chi connectivity index (χ4n) is 1.41. The normalized spacial score (nSPS) is 10.6. The first-order valence-corrected chi connectivity index (χ1v) is 5.13. The minimum Gasteiger partial charge on any atom is -0.374 e. The van der Waals surface area contributed by atoms with E-state index in [1.807, 2.05) is 6.92 Å². The van der Waals surface area contributed by atoms with Gasteiger partial charge in [-0.15, -0.1) is 0 Å². The summed E-state index contributed by atoms with van der Waals surface area (Å²) >= 11 is 0. The molecule has 6 heteroatoms. The lowest BCUT2D eigenvalue weighted by Crippen LogP contribution is -2.23. The molecule has 17 heavy (non-hydrogen) atoms. The molecule has 1 rings (SSSR count). The lowest BCUT2D eigenvalue weighted by atomic mass is 10.2. The second-order valence-corrected chi connectivity index (χ2v) is 3.56. The van der Waals surface area contributed by atoms with Crippen molar-refractivity contribution in [3.63, 3.8) is 0 Å². The highest BCUT2D eigenvalue weighted by molar-refractivity contribution is 5.62. The number of nitro benzene ring substituents is 1. The molecule has 0 spiro atoms. The van der Waals surface area contributed by atoms with Crippen molar-refractivity contribution >= 4 is 11.4 Å². The molecule has 0 aliphatic heterocycles. The molecule has 0 radical (unpaired) electrons. The Bertz CT molecular complexity index is 391.